The lowest BCUT2D eigenvalue weighted by Crippen LogP contribution is -2.36. The molecule has 4 nitrogen and oxygen atoms in total. The van der Waals surface area contributed by atoms with E-state index in [0.717, 1.165) is 25.7 Å². The first kappa shape index (κ1) is 20.4. The molecule has 5 aliphatic rings. The first-order valence-corrected chi connectivity index (χ1v) is 12.2. The number of allylic oxidation sites excluding steroid dienone is 3. The Morgan fingerprint density at radius 2 is 2.00 bits per heavy atom. The summed E-state index contributed by atoms with van der Waals surface area (Å²) in [6.45, 7) is 7.48. The van der Waals surface area contributed by atoms with Gasteiger partial charge in [-0.05, 0) is 66.6 Å². The molecular weight excluding hydrogens is 374 g/mol. The van der Waals surface area contributed by atoms with Crippen LogP contribution in [-0.2, 0) is 9.47 Å². The van der Waals surface area contributed by atoms with E-state index < -0.39 is 0 Å². The van der Waals surface area contributed by atoms with Crippen LogP contribution in [0.2, 0.25) is 0 Å². The Kier molecular flexibility index (Phi) is 5.12. The third-order valence-corrected chi connectivity index (χ3v) is 8.41. The molecule has 0 unspecified atom stereocenters. The monoisotopic (exact) mass is 411 g/mol. The van der Waals surface area contributed by atoms with Crippen LogP contribution in [0.25, 0.3) is 0 Å². The Balaban J connectivity index is 1.31. The Hall–Kier alpha value is -1.55. The molecule has 3 atom stereocenters. The van der Waals surface area contributed by atoms with Crippen molar-refractivity contribution in [1.82, 2.24) is 5.32 Å². The zero-order valence-electron chi connectivity index (χ0n) is 18.9. The molecule has 5 rings (SSSR count). The van der Waals surface area contributed by atoms with Gasteiger partial charge in [-0.3, -0.25) is 0 Å². The number of amides is 1. The third kappa shape index (κ3) is 3.45. The van der Waals surface area contributed by atoms with Gasteiger partial charge in [-0.1, -0.05) is 57.8 Å². The van der Waals surface area contributed by atoms with Crippen LogP contribution in [0.3, 0.4) is 0 Å². The minimum atomic E-state index is -0.267. The lowest BCUT2D eigenvalue weighted by Gasteiger charge is -2.39. The van der Waals surface area contributed by atoms with Crippen molar-refractivity contribution in [2.45, 2.75) is 103 Å². The summed E-state index contributed by atoms with van der Waals surface area (Å²) in [5.74, 6) is 0.591. The van der Waals surface area contributed by atoms with E-state index in [1.165, 1.54) is 49.7 Å². The van der Waals surface area contributed by atoms with Crippen molar-refractivity contribution < 1.29 is 14.3 Å². The molecule has 0 radical (unpaired) electrons. The zero-order valence-corrected chi connectivity index (χ0v) is 18.9. The second-order valence-electron chi connectivity index (χ2n) is 10.8. The average Bonchev–Trinajstić information content (AvgIpc) is 3.32. The van der Waals surface area contributed by atoms with Crippen molar-refractivity contribution in [3.05, 3.63) is 34.4 Å². The summed E-state index contributed by atoms with van der Waals surface area (Å²) < 4.78 is 12.0. The molecule has 1 saturated heterocycles. The molecule has 1 spiro atoms. The molecule has 164 valence electrons. The molecule has 4 aliphatic carbocycles. The highest BCUT2D eigenvalue weighted by Gasteiger charge is 2.64. The summed E-state index contributed by atoms with van der Waals surface area (Å²) in [7, 11) is 0. The number of hydrogen-bond acceptors (Lipinski definition) is 3. The topological polar surface area (TPSA) is 50.9 Å². The summed E-state index contributed by atoms with van der Waals surface area (Å²) in [4.78, 5) is 12.3. The Labute approximate surface area is 181 Å². The van der Waals surface area contributed by atoms with Crippen LogP contribution in [0.5, 0.6) is 0 Å². The molecule has 4 heteroatoms. The van der Waals surface area contributed by atoms with Crippen molar-refractivity contribution in [2.24, 2.45) is 11.3 Å². The van der Waals surface area contributed by atoms with Gasteiger partial charge < -0.3 is 14.8 Å². The van der Waals surface area contributed by atoms with Crippen LogP contribution >= 0.6 is 0 Å². The largest absolute Gasteiger partial charge is 0.445 e. The number of epoxide rings is 1. The summed E-state index contributed by atoms with van der Waals surface area (Å²) in [6, 6.07) is 0.288. The Morgan fingerprint density at radius 1 is 1.20 bits per heavy atom. The SMILES string of the molecule is CC(C)C1=C2C3=CC=C(COC(=O)NC4CCCCC4)C[C@@H]4O[C@@]34CC[C@@]2(C)CC1. The van der Waals surface area contributed by atoms with Gasteiger partial charge in [-0.25, -0.2) is 4.79 Å². The maximum atomic E-state index is 12.3. The normalized spacial score (nSPS) is 35.7. The van der Waals surface area contributed by atoms with Crippen LogP contribution in [-0.4, -0.2) is 30.4 Å². The first-order chi connectivity index (χ1) is 14.4. The molecule has 2 saturated carbocycles. The summed E-state index contributed by atoms with van der Waals surface area (Å²) in [5, 5.41) is 3.06. The van der Waals surface area contributed by atoms with E-state index in [1.807, 2.05) is 0 Å². The van der Waals surface area contributed by atoms with E-state index in [4.69, 9.17) is 9.47 Å². The average molecular weight is 412 g/mol. The quantitative estimate of drug-likeness (QED) is 0.578. The molecule has 3 fully saturated rings. The van der Waals surface area contributed by atoms with Crippen LogP contribution in [0.1, 0.15) is 85.0 Å². The van der Waals surface area contributed by atoms with Gasteiger partial charge in [0, 0.05) is 12.5 Å². The maximum Gasteiger partial charge on any atom is 0.407 e. The lowest BCUT2D eigenvalue weighted by atomic mass is 9.64. The fourth-order valence-electron chi connectivity index (χ4n) is 6.52. The molecule has 1 aliphatic heterocycles. The van der Waals surface area contributed by atoms with Gasteiger partial charge in [0.2, 0.25) is 0 Å². The standard InChI is InChI=1S/C26H37NO3/c1-17(2)20-11-12-25(3)13-14-26-21(23(20)25)10-9-18(15-22(26)30-26)16-29-24(28)27-19-7-5-4-6-8-19/h9-10,17,19,22H,4-8,11-16H2,1-3H3,(H,27,28)/t22-,25+,26-/m0/s1. The third-order valence-electron chi connectivity index (χ3n) is 8.41. The number of nitrogens with one attached hydrogen (secondary N) is 1. The highest BCUT2D eigenvalue weighted by atomic mass is 16.6. The molecule has 0 aromatic heterocycles. The molecule has 1 N–H and O–H groups in total. The number of ether oxygens (including phenoxy) is 2. The van der Waals surface area contributed by atoms with Gasteiger partial charge in [0.05, 0.1) is 6.10 Å². The maximum absolute atomic E-state index is 12.3. The van der Waals surface area contributed by atoms with Gasteiger partial charge in [0.25, 0.3) is 0 Å². The molecule has 30 heavy (non-hydrogen) atoms. The van der Waals surface area contributed by atoms with Gasteiger partial charge in [-0.2, -0.15) is 0 Å². The van der Waals surface area contributed by atoms with Crippen molar-refractivity contribution in [3.63, 3.8) is 0 Å². The fourth-order valence-corrected chi connectivity index (χ4v) is 6.52. The van der Waals surface area contributed by atoms with Gasteiger partial charge in [-0.15, -0.1) is 0 Å². The first-order valence-electron chi connectivity index (χ1n) is 12.2. The van der Waals surface area contributed by atoms with E-state index in [2.05, 4.69) is 38.2 Å². The van der Waals surface area contributed by atoms with Crippen molar-refractivity contribution in [2.75, 3.05) is 6.61 Å². The minimum absolute atomic E-state index is 0.0814. The molecular formula is C26H37NO3. The number of carbonyl (C=O) groups is 1. The summed E-state index contributed by atoms with van der Waals surface area (Å²) in [6.07, 6.45) is 16.1. The Morgan fingerprint density at radius 3 is 2.77 bits per heavy atom. The number of carbonyl (C=O) groups excluding carboxylic acids is 1. The fraction of sp³-hybridized carbons (Fsp3) is 0.731. The Bertz CT molecular complexity index is 816. The van der Waals surface area contributed by atoms with Gasteiger partial charge in [0.15, 0.2) is 0 Å². The van der Waals surface area contributed by atoms with E-state index in [1.54, 1.807) is 11.1 Å². The van der Waals surface area contributed by atoms with Crippen LogP contribution in [0, 0.1) is 11.3 Å². The van der Waals surface area contributed by atoms with Crippen LogP contribution in [0.15, 0.2) is 34.4 Å². The van der Waals surface area contributed by atoms with Gasteiger partial charge >= 0.3 is 6.09 Å². The molecule has 1 amide bonds. The molecule has 1 heterocycles. The predicted octanol–water partition coefficient (Wildman–Crippen LogP) is 5.99. The van der Waals surface area contributed by atoms with E-state index in [9.17, 15) is 4.79 Å². The summed E-state index contributed by atoms with van der Waals surface area (Å²) in [5.41, 5.74) is 6.06. The zero-order chi connectivity index (χ0) is 20.9. The van der Waals surface area contributed by atoms with Crippen molar-refractivity contribution in [3.8, 4) is 0 Å². The van der Waals surface area contributed by atoms with Crippen molar-refractivity contribution >= 4 is 6.09 Å². The number of hydrogen-bond donors (Lipinski definition) is 1. The predicted molar refractivity (Wildman–Crippen MR) is 118 cm³/mol. The number of rotatable bonds is 4. The molecule has 0 aromatic carbocycles. The highest BCUT2D eigenvalue weighted by Crippen LogP contribution is 2.65. The van der Waals surface area contributed by atoms with E-state index in [0.29, 0.717) is 17.9 Å². The molecule has 0 bridgehead atoms. The lowest BCUT2D eigenvalue weighted by molar-refractivity contribution is 0.147. The number of alkyl carbamates (subject to hydrolysis) is 1. The summed E-state index contributed by atoms with van der Waals surface area (Å²) >= 11 is 0. The second-order valence-corrected chi connectivity index (χ2v) is 10.8. The van der Waals surface area contributed by atoms with Crippen LogP contribution in [0.4, 0.5) is 4.79 Å². The second kappa shape index (κ2) is 7.55. The molecule has 0 aromatic rings. The van der Waals surface area contributed by atoms with Crippen LogP contribution < -0.4 is 5.32 Å². The van der Waals surface area contributed by atoms with Crippen molar-refractivity contribution in [1.29, 1.82) is 0 Å². The number of fused-ring (bicyclic) bond motifs is 2. The van der Waals surface area contributed by atoms with Gasteiger partial charge in [0.1, 0.15) is 12.2 Å². The van der Waals surface area contributed by atoms with E-state index >= 15 is 0 Å². The van der Waals surface area contributed by atoms with E-state index in [-0.39, 0.29) is 23.8 Å². The minimum Gasteiger partial charge on any atom is -0.445 e. The smallest absolute Gasteiger partial charge is 0.407 e. The highest BCUT2D eigenvalue weighted by molar-refractivity contribution is 5.68.